The molecule has 6 atom stereocenters. The van der Waals surface area contributed by atoms with E-state index in [0.29, 0.717) is 19.5 Å². The molecule has 0 aromatic rings. The first kappa shape index (κ1) is 22.1. The number of nitrogens with zero attached hydrogens (tertiary/aromatic N) is 2. The molecule has 0 radical (unpaired) electrons. The Bertz CT molecular complexity index is 679. The number of aliphatic hydroxyl groups is 1. The lowest BCUT2D eigenvalue weighted by Gasteiger charge is -2.57. The lowest BCUT2D eigenvalue weighted by Crippen LogP contribution is -2.73. The summed E-state index contributed by atoms with van der Waals surface area (Å²) in [4.78, 5) is 43.0. The van der Waals surface area contributed by atoms with E-state index >= 15 is 0 Å². The number of ether oxygens (including phenoxy) is 1. The predicted octanol–water partition coefficient (Wildman–Crippen LogP) is 2.60. The van der Waals surface area contributed by atoms with Gasteiger partial charge in [-0.15, -0.1) is 0 Å². The summed E-state index contributed by atoms with van der Waals surface area (Å²) < 4.78 is 5.60. The van der Waals surface area contributed by atoms with Crippen LogP contribution in [0.25, 0.3) is 0 Å². The summed E-state index contributed by atoms with van der Waals surface area (Å²) >= 11 is 0. The number of amides is 2. The van der Waals surface area contributed by atoms with E-state index in [9.17, 15) is 19.5 Å². The van der Waals surface area contributed by atoms with Gasteiger partial charge in [-0.3, -0.25) is 14.5 Å². The Labute approximate surface area is 173 Å². The molecule has 3 aliphatic rings. The van der Waals surface area contributed by atoms with E-state index < -0.39 is 35.2 Å². The lowest BCUT2D eigenvalue weighted by molar-refractivity contribution is -0.172. The minimum absolute atomic E-state index is 0.0985. The van der Waals surface area contributed by atoms with Gasteiger partial charge in [0.2, 0.25) is 5.91 Å². The third-order valence-corrected chi connectivity index (χ3v) is 7.03. The van der Waals surface area contributed by atoms with Crippen LogP contribution >= 0.6 is 0 Å². The number of hydrogen-bond acceptors (Lipinski definition) is 5. The lowest BCUT2D eigenvalue weighted by atomic mass is 9.53. The van der Waals surface area contributed by atoms with Gasteiger partial charge in [-0.2, -0.15) is 0 Å². The van der Waals surface area contributed by atoms with Crippen LogP contribution in [0, 0.1) is 17.8 Å². The minimum Gasteiger partial charge on any atom is -0.444 e. The second-order valence-electron chi connectivity index (χ2n) is 10.1. The molecule has 3 rings (SSSR count). The fraction of sp³-hybridized carbons (Fsp3) is 0.864. The fourth-order valence-corrected chi connectivity index (χ4v) is 5.64. The average Bonchev–Trinajstić information content (AvgIpc) is 3.25. The Kier molecular flexibility index (Phi) is 5.75. The molecule has 2 heterocycles. The molecule has 1 spiro atoms. The monoisotopic (exact) mass is 408 g/mol. The van der Waals surface area contributed by atoms with Crippen molar-refractivity contribution in [2.45, 2.75) is 90.5 Å². The van der Waals surface area contributed by atoms with Crippen LogP contribution in [0.2, 0.25) is 0 Å². The molecular formula is C22H36N2O5. The Balaban J connectivity index is 1.86. The number of hydrogen-bond donors (Lipinski definition) is 1. The zero-order chi connectivity index (χ0) is 21.7. The van der Waals surface area contributed by atoms with Crippen molar-refractivity contribution >= 4 is 17.8 Å². The van der Waals surface area contributed by atoms with Crippen LogP contribution in [0.3, 0.4) is 0 Å². The first-order chi connectivity index (χ1) is 13.4. The van der Waals surface area contributed by atoms with Crippen LogP contribution < -0.4 is 0 Å². The van der Waals surface area contributed by atoms with Crippen LogP contribution in [0.1, 0.15) is 67.2 Å². The van der Waals surface area contributed by atoms with Crippen molar-refractivity contribution in [1.29, 1.82) is 0 Å². The van der Waals surface area contributed by atoms with Gasteiger partial charge < -0.3 is 14.7 Å². The Morgan fingerprint density at radius 2 is 1.79 bits per heavy atom. The predicted molar refractivity (Wildman–Crippen MR) is 108 cm³/mol. The van der Waals surface area contributed by atoms with Gasteiger partial charge in [-0.05, 0) is 66.2 Å². The van der Waals surface area contributed by atoms with Crippen LogP contribution in [-0.2, 0) is 14.3 Å². The molecule has 2 aliphatic heterocycles. The van der Waals surface area contributed by atoms with Gasteiger partial charge in [0.05, 0.1) is 12.0 Å². The van der Waals surface area contributed by atoms with Gasteiger partial charge in [-0.25, -0.2) is 4.79 Å². The number of aliphatic hydroxyl groups excluding tert-OH is 1. The Hall–Kier alpha value is -1.63. The van der Waals surface area contributed by atoms with E-state index in [1.165, 1.54) is 0 Å². The van der Waals surface area contributed by atoms with Crippen molar-refractivity contribution in [3.63, 3.8) is 0 Å². The van der Waals surface area contributed by atoms with Crippen LogP contribution in [0.5, 0.6) is 0 Å². The molecule has 0 aromatic carbocycles. The van der Waals surface area contributed by atoms with Gasteiger partial charge in [0.15, 0.2) is 5.78 Å². The summed E-state index contributed by atoms with van der Waals surface area (Å²) in [5.41, 5.74) is -1.57. The SMILES string of the molecule is CC1CCC2(C(=O)C([C@@H](C(=O)N3CCCC3)[C@@H](C)O)C2C)N1C(=O)OC(C)(C)C. The third kappa shape index (κ3) is 3.56. The molecule has 4 unspecified atom stereocenters. The average molecular weight is 409 g/mol. The van der Waals surface area contributed by atoms with Crippen molar-refractivity contribution in [1.82, 2.24) is 9.80 Å². The maximum atomic E-state index is 13.6. The number of carbonyl (C=O) groups is 3. The van der Waals surface area contributed by atoms with Gasteiger partial charge in [-0.1, -0.05) is 6.92 Å². The highest BCUT2D eigenvalue weighted by Gasteiger charge is 2.70. The molecule has 1 saturated carbocycles. The van der Waals surface area contributed by atoms with Crippen molar-refractivity contribution in [3.8, 4) is 0 Å². The summed E-state index contributed by atoms with van der Waals surface area (Å²) in [6.45, 7) is 12.3. The maximum Gasteiger partial charge on any atom is 0.411 e. The normalized spacial score (nSPS) is 34.3. The topological polar surface area (TPSA) is 87.2 Å². The van der Waals surface area contributed by atoms with E-state index in [2.05, 4.69) is 0 Å². The van der Waals surface area contributed by atoms with Gasteiger partial charge in [0.1, 0.15) is 11.1 Å². The van der Waals surface area contributed by atoms with E-state index in [1.807, 2.05) is 34.6 Å². The highest BCUT2D eigenvalue weighted by molar-refractivity contribution is 6.03. The molecule has 29 heavy (non-hydrogen) atoms. The fourth-order valence-electron chi connectivity index (χ4n) is 5.64. The second kappa shape index (κ2) is 7.56. The Morgan fingerprint density at radius 1 is 1.21 bits per heavy atom. The molecule has 164 valence electrons. The highest BCUT2D eigenvalue weighted by atomic mass is 16.6. The molecular weight excluding hydrogens is 372 g/mol. The van der Waals surface area contributed by atoms with Crippen molar-refractivity contribution in [2.75, 3.05) is 13.1 Å². The molecule has 0 bridgehead atoms. The minimum atomic E-state index is -0.926. The van der Waals surface area contributed by atoms with Gasteiger partial charge in [0.25, 0.3) is 0 Å². The molecule has 7 heteroatoms. The number of Topliss-reactive ketones (excluding diaryl/α,β-unsaturated/α-hetero) is 1. The summed E-state index contributed by atoms with van der Waals surface area (Å²) in [5, 5.41) is 10.4. The van der Waals surface area contributed by atoms with E-state index in [-0.39, 0.29) is 23.7 Å². The quantitative estimate of drug-likeness (QED) is 0.776. The van der Waals surface area contributed by atoms with Crippen molar-refractivity contribution < 1.29 is 24.2 Å². The van der Waals surface area contributed by atoms with Crippen LogP contribution in [-0.4, -0.2) is 69.1 Å². The zero-order valence-electron chi connectivity index (χ0n) is 18.6. The van der Waals surface area contributed by atoms with Crippen molar-refractivity contribution in [2.24, 2.45) is 17.8 Å². The van der Waals surface area contributed by atoms with Gasteiger partial charge >= 0.3 is 6.09 Å². The van der Waals surface area contributed by atoms with Crippen molar-refractivity contribution in [3.05, 3.63) is 0 Å². The third-order valence-electron chi connectivity index (χ3n) is 7.03. The smallest absolute Gasteiger partial charge is 0.411 e. The van der Waals surface area contributed by atoms with Gasteiger partial charge in [0, 0.05) is 25.0 Å². The van der Waals surface area contributed by atoms with Crippen LogP contribution in [0.4, 0.5) is 4.79 Å². The summed E-state index contributed by atoms with van der Waals surface area (Å²) in [5.74, 6) is -1.76. The molecule has 0 aromatic heterocycles. The van der Waals surface area contributed by atoms with E-state index in [4.69, 9.17) is 4.74 Å². The van der Waals surface area contributed by atoms with E-state index in [1.54, 1.807) is 16.7 Å². The molecule has 3 fully saturated rings. The van der Waals surface area contributed by atoms with Crippen LogP contribution in [0.15, 0.2) is 0 Å². The summed E-state index contributed by atoms with van der Waals surface area (Å²) in [6.07, 6.45) is 1.84. The maximum absolute atomic E-state index is 13.6. The first-order valence-corrected chi connectivity index (χ1v) is 11.0. The number of carbonyl (C=O) groups excluding carboxylic acids is 3. The first-order valence-electron chi connectivity index (χ1n) is 11.0. The van der Waals surface area contributed by atoms with E-state index in [0.717, 1.165) is 19.3 Å². The zero-order valence-corrected chi connectivity index (χ0v) is 18.6. The molecule has 1 aliphatic carbocycles. The molecule has 7 nitrogen and oxygen atoms in total. The highest BCUT2D eigenvalue weighted by Crippen LogP contribution is 2.55. The number of rotatable bonds is 3. The molecule has 2 saturated heterocycles. The number of ketones is 1. The summed E-state index contributed by atoms with van der Waals surface area (Å²) in [7, 11) is 0. The standard InChI is InChI=1S/C22H36N2O5/c1-13-9-10-22(24(13)20(28)29-21(4,5)6)14(2)16(18(22)26)17(15(3)25)19(27)23-11-7-8-12-23/h13-17,25H,7-12H2,1-6H3/t13?,14?,15-,16?,17+,22?/m1/s1. The largest absolute Gasteiger partial charge is 0.444 e. The summed E-state index contributed by atoms with van der Waals surface area (Å²) in [6, 6.07) is -0.100. The molecule has 1 N–H and O–H groups in total. The Morgan fingerprint density at radius 3 is 2.28 bits per heavy atom. The second-order valence-corrected chi connectivity index (χ2v) is 10.1. The number of likely N-dealkylation sites (tertiary alicyclic amines) is 2. The molecule has 2 amide bonds.